The van der Waals surface area contributed by atoms with E-state index in [-0.39, 0.29) is 0 Å². The molecule has 0 spiro atoms. The second kappa shape index (κ2) is 9.11. The maximum Gasteiger partial charge on any atom is 0.159 e. The molecular weight excluding hydrogens is 488 g/mol. The largest absolute Gasteiger partial charge is 0.452 e. The van der Waals surface area contributed by atoms with Crippen molar-refractivity contribution in [3.63, 3.8) is 0 Å². The molecule has 0 saturated carbocycles. The van der Waals surface area contributed by atoms with Gasteiger partial charge in [0.25, 0.3) is 0 Å². The molecule has 0 atom stereocenters. The van der Waals surface area contributed by atoms with Crippen LogP contribution in [0.1, 0.15) is 0 Å². The first-order chi connectivity index (χ1) is 19.8. The second-order valence-corrected chi connectivity index (χ2v) is 10.0. The summed E-state index contributed by atoms with van der Waals surface area (Å²) in [6.07, 6.45) is 3.62. The van der Waals surface area contributed by atoms with Crippen molar-refractivity contribution >= 4 is 60.5 Å². The third-order valence-corrected chi connectivity index (χ3v) is 7.74. The van der Waals surface area contributed by atoms with Crippen LogP contribution in [0.25, 0.3) is 54.6 Å². The SMILES string of the molecule is c1ccc(-c2ccc(N(c3cc4ccccc4c4ccccc34)c3cccc4c3oc3cnccc34)cc2)cc1. The Bertz CT molecular complexity index is 2160. The van der Waals surface area contributed by atoms with Gasteiger partial charge in [-0.2, -0.15) is 0 Å². The van der Waals surface area contributed by atoms with Crippen molar-refractivity contribution in [2.75, 3.05) is 4.90 Å². The summed E-state index contributed by atoms with van der Waals surface area (Å²) in [5.41, 5.74) is 7.16. The van der Waals surface area contributed by atoms with E-state index in [0.29, 0.717) is 0 Å². The van der Waals surface area contributed by atoms with Gasteiger partial charge in [-0.15, -0.1) is 0 Å². The molecule has 2 aromatic heterocycles. The second-order valence-electron chi connectivity index (χ2n) is 10.0. The predicted octanol–water partition coefficient (Wildman–Crippen LogP) is 10.4. The molecule has 8 aromatic rings. The van der Waals surface area contributed by atoms with Crippen LogP contribution in [-0.4, -0.2) is 4.98 Å². The molecule has 0 amide bonds. The average molecular weight is 513 g/mol. The van der Waals surface area contributed by atoms with Gasteiger partial charge in [0.15, 0.2) is 11.2 Å². The molecule has 0 aliphatic carbocycles. The minimum absolute atomic E-state index is 0.785. The summed E-state index contributed by atoms with van der Waals surface area (Å²) in [5, 5.41) is 6.99. The van der Waals surface area contributed by atoms with Gasteiger partial charge in [-0.1, -0.05) is 103 Å². The van der Waals surface area contributed by atoms with Crippen LogP contribution < -0.4 is 4.90 Å². The molecule has 0 aliphatic rings. The number of furan rings is 1. The van der Waals surface area contributed by atoms with Crippen molar-refractivity contribution < 1.29 is 4.42 Å². The summed E-state index contributed by atoms with van der Waals surface area (Å²) in [5.74, 6) is 0. The number of hydrogen-bond donors (Lipinski definition) is 0. The van der Waals surface area contributed by atoms with E-state index < -0.39 is 0 Å². The van der Waals surface area contributed by atoms with Gasteiger partial charge in [-0.05, 0) is 57.6 Å². The summed E-state index contributed by atoms with van der Waals surface area (Å²) >= 11 is 0. The van der Waals surface area contributed by atoms with Crippen LogP contribution in [0, 0.1) is 0 Å². The monoisotopic (exact) mass is 512 g/mol. The summed E-state index contributed by atoms with van der Waals surface area (Å²) in [6, 6.07) is 47.3. The van der Waals surface area contributed by atoms with E-state index in [1.54, 1.807) is 6.20 Å². The summed E-state index contributed by atoms with van der Waals surface area (Å²) in [6.45, 7) is 0. The minimum atomic E-state index is 0.785. The number of hydrogen-bond acceptors (Lipinski definition) is 3. The third-order valence-electron chi connectivity index (χ3n) is 7.74. The molecule has 0 fully saturated rings. The van der Waals surface area contributed by atoms with Crippen LogP contribution in [0.2, 0.25) is 0 Å². The first-order valence-corrected chi connectivity index (χ1v) is 13.5. The van der Waals surface area contributed by atoms with Gasteiger partial charge >= 0.3 is 0 Å². The van der Waals surface area contributed by atoms with E-state index in [2.05, 4.69) is 131 Å². The molecular formula is C37H24N2O. The van der Waals surface area contributed by atoms with Gasteiger partial charge in [-0.3, -0.25) is 4.98 Å². The van der Waals surface area contributed by atoms with Gasteiger partial charge < -0.3 is 9.32 Å². The highest BCUT2D eigenvalue weighted by Gasteiger charge is 2.22. The maximum atomic E-state index is 6.50. The van der Waals surface area contributed by atoms with Crippen LogP contribution in [0.3, 0.4) is 0 Å². The van der Waals surface area contributed by atoms with Gasteiger partial charge in [0, 0.05) is 28.0 Å². The van der Waals surface area contributed by atoms with Crippen molar-refractivity contribution in [2.24, 2.45) is 0 Å². The summed E-state index contributed by atoms with van der Waals surface area (Å²) in [4.78, 5) is 6.64. The van der Waals surface area contributed by atoms with Crippen LogP contribution in [0.15, 0.2) is 150 Å². The topological polar surface area (TPSA) is 29.3 Å². The number of rotatable bonds is 4. The number of benzene rings is 6. The van der Waals surface area contributed by atoms with Crippen molar-refractivity contribution in [1.82, 2.24) is 4.98 Å². The zero-order valence-corrected chi connectivity index (χ0v) is 21.7. The zero-order valence-electron chi connectivity index (χ0n) is 21.7. The van der Waals surface area contributed by atoms with E-state index in [0.717, 1.165) is 39.0 Å². The van der Waals surface area contributed by atoms with Gasteiger partial charge in [0.2, 0.25) is 0 Å². The Hall–Kier alpha value is -5.41. The van der Waals surface area contributed by atoms with Crippen LogP contribution >= 0.6 is 0 Å². The van der Waals surface area contributed by atoms with E-state index in [1.165, 1.54) is 32.7 Å². The minimum Gasteiger partial charge on any atom is -0.452 e. The molecule has 0 aliphatic heterocycles. The Morgan fingerprint density at radius 2 is 1.20 bits per heavy atom. The highest BCUT2D eigenvalue weighted by molar-refractivity contribution is 6.16. The summed E-state index contributed by atoms with van der Waals surface area (Å²) < 4.78 is 6.50. The number of para-hydroxylation sites is 1. The smallest absolute Gasteiger partial charge is 0.159 e. The Morgan fingerprint density at radius 1 is 0.500 bits per heavy atom. The van der Waals surface area contributed by atoms with E-state index in [9.17, 15) is 0 Å². The maximum absolute atomic E-state index is 6.50. The average Bonchev–Trinajstić information content (AvgIpc) is 3.42. The number of aromatic nitrogens is 1. The van der Waals surface area contributed by atoms with Crippen molar-refractivity contribution in [3.05, 3.63) is 146 Å². The quantitative estimate of drug-likeness (QED) is 0.220. The number of nitrogens with zero attached hydrogens (tertiary/aromatic N) is 2. The van der Waals surface area contributed by atoms with Crippen molar-refractivity contribution in [1.29, 1.82) is 0 Å². The molecule has 6 aromatic carbocycles. The molecule has 0 unspecified atom stereocenters. The fourth-order valence-corrected chi connectivity index (χ4v) is 5.88. The van der Waals surface area contributed by atoms with E-state index in [1.807, 2.05) is 18.3 Å². The fourth-order valence-electron chi connectivity index (χ4n) is 5.88. The molecule has 0 radical (unpaired) electrons. The highest BCUT2D eigenvalue weighted by Crippen LogP contribution is 2.45. The normalized spacial score (nSPS) is 11.5. The Labute approximate surface area is 231 Å². The third kappa shape index (κ3) is 3.56. The van der Waals surface area contributed by atoms with E-state index in [4.69, 9.17) is 4.42 Å². The standard InChI is InChI=1S/C37H24N2O/c1-2-9-25(10-3-1)26-17-19-28(20-18-26)39(34-16-8-15-33-32-21-22-38-24-36(32)40-37(33)34)35-23-27-11-4-5-12-29(27)30-13-6-7-14-31(30)35/h1-24H. The molecule has 0 bridgehead atoms. The van der Waals surface area contributed by atoms with Crippen molar-refractivity contribution in [3.8, 4) is 11.1 Å². The lowest BCUT2D eigenvalue weighted by Crippen LogP contribution is -2.11. The first kappa shape index (κ1) is 22.6. The highest BCUT2D eigenvalue weighted by atomic mass is 16.3. The molecule has 8 rings (SSSR count). The summed E-state index contributed by atoms with van der Waals surface area (Å²) in [7, 11) is 0. The fraction of sp³-hybridized carbons (Fsp3) is 0. The van der Waals surface area contributed by atoms with Crippen molar-refractivity contribution in [2.45, 2.75) is 0 Å². The molecule has 3 nitrogen and oxygen atoms in total. The van der Waals surface area contributed by atoms with Gasteiger partial charge in [0.1, 0.15) is 0 Å². The first-order valence-electron chi connectivity index (χ1n) is 13.5. The lowest BCUT2D eigenvalue weighted by atomic mass is 9.98. The molecule has 0 N–H and O–H groups in total. The van der Waals surface area contributed by atoms with Gasteiger partial charge in [-0.25, -0.2) is 0 Å². The lowest BCUT2D eigenvalue weighted by Gasteiger charge is -2.27. The molecule has 188 valence electrons. The molecule has 2 heterocycles. The molecule has 3 heteroatoms. The Balaban J connectivity index is 1.43. The predicted molar refractivity (Wildman–Crippen MR) is 167 cm³/mol. The Kier molecular flexibility index (Phi) is 5.14. The van der Waals surface area contributed by atoms with E-state index >= 15 is 0 Å². The zero-order chi connectivity index (χ0) is 26.5. The lowest BCUT2D eigenvalue weighted by molar-refractivity contribution is 0.667. The van der Waals surface area contributed by atoms with Gasteiger partial charge in [0.05, 0.1) is 17.6 Å². The number of pyridine rings is 1. The Morgan fingerprint density at radius 3 is 2.05 bits per heavy atom. The number of anilines is 3. The molecule has 0 saturated heterocycles. The van der Waals surface area contributed by atoms with Crippen LogP contribution in [0.4, 0.5) is 17.1 Å². The van der Waals surface area contributed by atoms with Crippen LogP contribution in [-0.2, 0) is 0 Å². The molecule has 40 heavy (non-hydrogen) atoms. The number of fused-ring (bicyclic) bond motifs is 6. The van der Waals surface area contributed by atoms with Crippen LogP contribution in [0.5, 0.6) is 0 Å².